The summed E-state index contributed by atoms with van der Waals surface area (Å²) in [6.07, 6.45) is 5.75. The summed E-state index contributed by atoms with van der Waals surface area (Å²) in [5.41, 5.74) is 3.07. The Morgan fingerprint density at radius 3 is 2.50 bits per heavy atom. The van der Waals surface area contributed by atoms with Crippen molar-refractivity contribution in [3.63, 3.8) is 0 Å². The molecule has 0 N–H and O–H groups in total. The van der Waals surface area contributed by atoms with Crippen LogP contribution in [0.4, 0.5) is 0 Å². The first kappa shape index (κ1) is 16.1. The van der Waals surface area contributed by atoms with Crippen molar-refractivity contribution in [3.05, 3.63) is 89.2 Å². The fourth-order valence-electron chi connectivity index (χ4n) is 2.52. The van der Waals surface area contributed by atoms with Crippen LogP contribution in [0.15, 0.2) is 73.1 Å². The van der Waals surface area contributed by atoms with Gasteiger partial charge in [-0.1, -0.05) is 41.9 Å². The van der Waals surface area contributed by atoms with E-state index >= 15 is 0 Å². The van der Waals surface area contributed by atoms with Crippen molar-refractivity contribution < 1.29 is 9.53 Å². The molecular formula is C20H16ClNO2. The normalized spacial score (nSPS) is 11.3. The molecule has 0 unspecified atom stereocenters. The van der Waals surface area contributed by atoms with Crippen LogP contribution in [0, 0.1) is 0 Å². The van der Waals surface area contributed by atoms with Gasteiger partial charge in [-0.25, -0.2) is 4.79 Å². The zero-order chi connectivity index (χ0) is 16.9. The van der Waals surface area contributed by atoms with Gasteiger partial charge in [0.25, 0.3) is 0 Å². The summed E-state index contributed by atoms with van der Waals surface area (Å²) < 4.78 is 6.95. The molecule has 0 amide bonds. The fraction of sp³-hybridized carbons (Fsp3) is 0.0500. The number of halogens is 1. The summed E-state index contributed by atoms with van der Waals surface area (Å²) in [5.74, 6) is -0.403. The maximum atomic E-state index is 12.3. The molecule has 120 valence electrons. The van der Waals surface area contributed by atoms with E-state index in [1.807, 2.05) is 71.6 Å². The number of ether oxygens (including phenoxy) is 1. The van der Waals surface area contributed by atoms with Gasteiger partial charge in [0.05, 0.1) is 18.4 Å². The molecule has 3 nitrogen and oxygen atoms in total. The molecule has 4 heteroatoms. The van der Waals surface area contributed by atoms with Crippen molar-refractivity contribution in [2.24, 2.45) is 0 Å². The highest BCUT2D eigenvalue weighted by Crippen LogP contribution is 2.25. The van der Waals surface area contributed by atoms with Crippen molar-refractivity contribution in [2.75, 3.05) is 7.11 Å². The monoisotopic (exact) mass is 337 g/mol. The summed E-state index contributed by atoms with van der Waals surface area (Å²) in [4.78, 5) is 12.3. The van der Waals surface area contributed by atoms with Gasteiger partial charge < -0.3 is 9.30 Å². The third-order valence-corrected chi connectivity index (χ3v) is 3.90. The Balaban J connectivity index is 2.14. The molecular weight excluding hydrogens is 322 g/mol. The first-order valence-corrected chi connectivity index (χ1v) is 7.85. The maximum absolute atomic E-state index is 12.3. The maximum Gasteiger partial charge on any atom is 0.338 e. The van der Waals surface area contributed by atoms with E-state index in [2.05, 4.69) is 0 Å². The average molecular weight is 338 g/mol. The lowest BCUT2D eigenvalue weighted by atomic mass is 10.0. The predicted octanol–water partition coefficient (Wildman–Crippen LogP) is 4.84. The Morgan fingerprint density at radius 2 is 1.79 bits per heavy atom. The first-order chi connectivity index (χ1) is 11.7. The molecule has 0 bridgehead atoms. The average Bonchev–Trinajstić information content (AvgIpc) is 3.14. The summed E-state index contributed by atoms with van der Waals surface area (Å²) >= 11 is 6.07. The van der Waals surface area contributed by atoms with Gasteiger partial charge in [-0.15, -0.1) is 0 Å². The minimum absolute atomic E-state index is 0.403. The number of nitrogens with zero attached hydrogens (tertiary/aromatic N) is 1. The number of esters is 1. The standard InChI is InChI=1S/C20H16ClNO2/c1-24-20(23)18(15-8-6-9-17(21)13-15)14-16-7-2-3-10-19(16)22-11-4-5-12-22/h2-14H,1H3/b18-14-. The van der Waals surface area contributed by atoms with E-state index in [4.69, 9.17) is 16.3 Å². The summed E-state index contributed by atoms with van der Waals surface area (Å²) in [6, 6.07) is 18.9. The molecule has 0 fully saturated rings. The number of aromatic nitrogens is 1. The number of hydrogen-bond acceptors (Lipinski definition) is 2. The number of carbonyl (C=O) groups excluding carboxylic acids is 1. The number of hydrogen-bond donors (Lipinski definition) is 0. The van der Waals surface area contributed by atoms with E-state index in [1.165, 1.54) is 7.11 Å². The van der Waals surface area contributed by atoms with Gasteiger partial charge >= 0.3 is 5.97 Å². The van der Waals surface area contributed by atoms with E-state index in [-0.39, 0.29) is 0 Å². The predicted molar refractivity (Wildman–Crippen MR) is 97.1 cm³/mol. The van der Waals surface area contributed by atoms with Crippen molar-refractivity contribution in [1.29, 1.82) is 0 Å². The van der Waals surface area contributed by atoms with Crippen LogP contribution in [0.3, 0.4) is 0 Å². The lowest BCUT2D eigenvalue weighted by Gasteiger charge is -2.10. The van der Waals surface area contributed by atoms with E-state index in [0.717, 1.165) is 16.8 Å². The third kappa shape index (κ3) is 3.42. The molecule has 1 heterocycles. The van der Waals surface area contributed by atoms with Crippen molar-refractivity contribution in [3.8, 4) is 5.69 Å². The number of rotatable bonds is 4. The van der Waals surface area contributed by atoms with E-state index in [0.29, 0.717) is 10.6 Å². The molecule has 2 aromatic carbocycles. The summed E-state index contributed by atoms with van der Waals surface area (Å²) in [7, 11) is 1.37. The van der Waals surface area contributed by atoms with Crippen LogP contribution in [0.5, 0.6) is 0 Å². The second kappa shape index (κ2) is 7.20. The second-order valence-electron chi connectivity index (χ2n) is 5.21. The van der Waals surface area contributed by atoms with Crippen LogP contribution in [-0.2, 0) is 9.53 Å². The Hall–Kier alpha value is -2.78. The van der Waals surface area contributed by atoms with Crippen LogP contribution in [0.2, 0.25) is 5.02 Å². The van der Waals surface area contributed by atoms with Crippen LogP contribution in [0.25, 0.3) is 17.3 Å². The van der Waals surface area contributed by atoms with Crippen molar-refractivity contribution >= 4 is 29.2 Å². The number of benzene rings is 2. The minimum Gasteiger partial charge on any atom is -0.465 e. The number of para-hydroxylation sites is 1. The molecule has 0 radical (unpaired) electrons. The fourth-order valence-corrected chi connectivity index (χ4v) is 2.71. The quantitative estimate of drug-likeness (QED) is 0.387. The van der Waals surface area contributed by atoms with Crippen LogP contribution in [-0.4, -0.2) is 17.6 Å². The Bertz CT molecular complexity index is 882. The van der Waals surface area contributed by atoms with Crippen LogP contribution in [0.1, 0.15) is 11.1 Å². The molecule has 0 aliphatic carbocycles. The van der Waals surface area contributed by atoms with Gasteiger partial charge in [-0.2, -0.15) is 0 Å². The Kier molecular flexibility index (Phi) is 4.82. The lowest BCUT2D eigenvalue weighted by molar-refractivity contribution is -0.133. The highest BCUT2D eigenvalue weighted by molar-refractivity contribution is 6.31. The zero-order valence-corrected chi connectivity index (χ0v) is 13.9. The lowest BCUT2D eigenvalue weighted by Crippen LogP contribution is -2.04. The number of methoxy groups -OCH3 is 1. The van der Waals surface area contributed by atoms with Crippen molar-refractivity contribution in [1.82, 2.24) is 4.57 Å². The van der Waals surface area contributed by atoms with Gasteiger partial charge in [-0.05, 0) is 47.5 Å². The SMILES string of the molecule is COC(=O)/C(=C\c1ccccc1-n1cccc1)c1cccc(Cl)c1. The summed E-state index contributed by atoms with van der Waals surface area (Å²) in [6.45, 7) is 0. The molecule has 0 saturated heterocycles. The zero-order valence-electron chi connectivity index (χ0n) is 13.1. The topological polar surface area (TPSA) is 31.2 Å². The molecule has 0 saturated carbocycles. The summed E-state index contributed by atoms with van der Waals surface area (Å²) in [5, 5.41) is 0.570. The van der Waals surface area contributed by atoms with E-state index in [1.54, 1.807) is 12.1 Å². The Morgan fingerprint density at radius 1 is 1.04 bits per heavy atom. The van der Waals surface area contributed by atoms with Gasteiger partial charge in [-0.3, -0.25) is 0 Å². The highest BCUT2D eigenvalue weighted by Gasteiger charge is 2.14. The molecule has 0 spiro atoms. The second-order valence-corrected chi connectivity index (χ2v) is 5.65. The molecule has 0 atom stereocenters. The molecule has 24 heavy (non-hydrogen) atoms. The van der Waals surface area contributed by atoms with Crippen LogP contribution >= 0.6 is 11.6 Å². The molecule has 1 aromatic heterocycles. The van der Waals surface area contributed by atoms with E-state index in [9.17, 15) is 4.79 Å². The molecule has 0 aliphatic rings. The van der Waals surface area contributed by atoms with Gasteiger partial charge in [0.15, 0.2) is 0 Å². The minimum atomic E-state index is -0.403. The molecule has 0 aliphatic heterocycles. The van der Waals surface area contributed by atoms with Crippen molar-refractivity contribution in [2.45, 2.75) is 0 Å². The van der Waals surface area contributed by atoms with Gasteiger partial charge in [0, 0.05) is 17.4 Å². The number of carbonyl (C=O) groups is 1. The smallest absolute Gasteiger partial charge is 0.338 e. The third-order valence-electron chi connectivity index (χ3n) is 3.66. The molecule has 3 rings (SSSR count). The Labute approximate surface area is 145 Å². The van der Waals surface area contributed by atoms with Crippen LogP contribution < -0.4 is 0 Å². The largest absolute Gasteiger partial charge is 0.465 e. The van der Waals surface area contributed by atoms with Gasteiger partial charge in [0.2, 0.25) is 0 Å². The van der Waals surface area contributed by atoms with Gasteiger partial charge in [0.1, 0.15) is 0 Å². The highest BCUT2D eigenvalue weighted by atomic mass is 35.5. The first-order valence-electron chi connectivity index (χ1n) is 7.47. The molecule has 3 aromatic rings. The van der Waals surface area contributed by atoms with E-state index < -0.39 is 5.97 Å².